The Hall–Kier alpha value is -2.70. The number of hydrogen-bond donors (Lipinski definition) is 1. The topological polar surface area (TPSA) is 88.3 Å². The number of benzene rings is 1. The van der Waals surface area contributed by atoms with Gasteiger partial charge in [-0.1, -0.05) is 35.5 Å². The summed E-state index contributed by atoms with van der Waals surface area (Å²) in [5.74, 6) is -1.24. The van der Waals surface area contributed by atoms with E-state index in [4.69, 9.17) is 5.11 Å². The number of rotatable bonds is 4. The number of nitrogens with zero attached hydrogens (tertiary/aromatic N) is 4. The van der Waals surface area contributed by atoms with Crippen LogP contribution in [0.4, 0.5) is 0 Å². The Morgan fingerprint density at radius 1 is 1.29 bits per heavy atom. The number of carbonyl (C=O) groups is 2. The lowest BCUT2D eigenvalue weighted by Crippen LogP contribution is -2.46. The van der Waals surface area contributed by atoms with Gasteiger partial charge in [-0.3, -0.25) is 4.79 Å². The molecule has 0 aliphatic carbocycles. The Kier molecular flexibility index (Phi) is 3.39. The fourth-order valence-electron chi connectivity index (χ4n) is 2.41. The molecule has 1 unspecified atom stereocenters. The van der Waals surface area contributed by atoms with E-state index in [0.717, 1.165) is 12.0 Å². The molecule has 1 aromatic carbocycles. The summed E-state index contributed by atoms with van der Waals surface area (Å²) in [7, 11) is 0. The van der Waals surface area contributed by atoms with Crippen molar-refractivity contribution in [3.63, 3.8) is 0 Å². The van der Waals surface area contributed by atoms with Gasteiger partial charge >= 0.3 is 5.97 Å². The van der Waals surface area contributed by atoms with Crippen LogP contribution in [0.25, 0.3) is 0 Å². The molecule has 1 amide bonds. The first-order chi connectivity index (χ1) is 10.1. The second-order valence-electron chi connectivity index (χ2n) is 4.91. The highest BCUT2D eigenvalue weighted by Crippen LogP contribution is 2.33. The summed E-state index contributed by atoms with van der Waals surface area (Å²) < 4.78 is 1.26. The first-order valence-corrected chi connectivity index (χ1v) is 6.63. The summed E-state index contributed by atoms with van der Waals surface area (Å²) in [4.78, 5) is 24.7. The van der Waals surface area contributed by atoms with E-state index in [-0.39, 0.29) is 24.2 Å². The van der Waals surface area contributed by atoms with Gasteiger partial charge in [-0.05, 0) is 12.0 Å². The fraction of sp³-hybridized carbons (Fsp3) is 0.286. The fourth-order valence-corrected chi connectivity index (χ4v) is 2.41. The van der Waals surface area contributed by atoms with Crippen molar-refractivity contribution < 1.29 is 14.7 Å². The number of carbonyl (C=O) groups excluding carboxylic acids is 1. The molecule has 21 heavy (non-hydrogen) atoms. The summed E-state index contributed by atoms with van der Waals surface area (Å²) in [6, 6.07) is 9.95. The van der Waals surface area contributed by atoms with Gasteiger partial charge in [0.2, 0.25) is 5.91 Å². The molecule has 0 saturated carbocycles. The molecule has 1 aromatic heterocycles. The molecule has 7 nitrogen and oxygen atoms in total. The average Bonchev–Trinajstić information content (AvgIpc) is 2.87. The van der Waals surface area contributed by atoms with Crippen LogP contribution in [0.15, 0.2) is 36.5 Å². The standard InChI is InChI=1S/C14H14N4O3/c19-13(9-17-8-11(14(20)21)15-16-17)18-7-6-12(18)10-4-2-1-3-5-10/h1-5,8,12H,6-7,9H2,(H,20,21). The number of hydrogen-bond acceptors (Lipinski definition) is 4. The van der Waals surface area contributed by atoms with Crippen LogP contribution in [-0.2, 0) is 11.3 Å². The highest BCUT2D eigenvalue weighted by atomic mass is 16.4. The third-order valence-electron chi connectivity index (χ3n) is 3.58. The van der Waals surface area contributed by atoms with Crippen LogP contribution in [0.5, 0.6) is 0 Å². The maximum atomic E-state index is 12.2. The average molecular weight is 286 g/mol. The zero-order chi connectivity index (χ0) is 14.8. The summed E-state index contributed by atoms with van der Waals surface area (Å²) >= 11 is 0. The predicted molar refractivity (Wildman–Crippen MR) is 72.5 cm³/mol. The minimum Gasteiger partial charge on any atom is -0.476 e. The highest BCUT2D eigenvalue weighted by Gasteiger charge is 2.33. The summed E-state index contributed by atoms with van der Waals surface area (Å²) in [6.45, 7) is 0.711. The maximum Gasteiger partial charge on any atom is 0.358 e. The molecule has 1 atom stereocenters. The third-order valence-corrected chi connectivity index (χ3v) is 3.58. The lowest BCUT2D eigenvalue weighted by Gasteiger charge is -2.41. The largest absolute Gasteiger partial charge is 0.476 e. The molecule has 1 fully saturated rings. The second-order valence-corrected chi connectivity index (χ2v) is 4.91. The van der Waals surface area contributed by atoms with Crippen molar-refractivity contribution in [2.45, 2.75) is 19.0 Å². The zero-order valence-corrected chi connectivity index (χ0v) is 11.2. The van der Waals surface area contributed by atoms with Gasteiger partial charge in [0.25, 0.3) is 0 Å². The summed E-state index contributed by atoms with van der Waals surface area (Å²) in [6.07, 6.45) is 2.20. The lowest BCUT2D eigenvalue weighted by atomic mass is 9.95. The molecule has 3 rings (SSSR count). The van der Waals surface area contributed by atoms with Crippen LogP contribution in [0.2, 0.25) is 0 Å². The molecule has 2 aromatic rings. The minimum atomic E-state index is -1.15. The van der Waals surface area contributed by atoms with Crippen molar-refractivity contribution in [1.29, 1.82) is 0 Å². The highest BCUT2D eigenvalue weighted by molar-refractivity contribution is 5.84. The van der Waals surface area contributed by atoms with E-state index in [2.05, 4.69) is 10.3 Å². The van der Waals surface area contributed by atoms with Gasteiger partial charge in [-0.2, -0.15) is 0 Å². The van der Waals surface area contributed by atoms with E-state index in [9.17, 15) is 9.59 Å². The molecule has 7 heteroatoms. The molecule has 2 heterocycles. The Balaban J connectivity index is 1.67. The van der Waals surface area contributed by atoms with Gasteiger partial charge in [0.15, 0.2) is 5.69 Å². The van der Waals surface area contributed by atoms with E-state index < -0.39 is 5.97 Å². The van der Waals surface area contributed by atoms with E-state index >= 15 is 0 Å². The van der Waals surface area contributed by atoms with E-state index in [1.54, 1.807) is 4.90 Å². The van der Waals surface area contributed by atoms with Crippen LogP contribution in [-0.4, -0.2) is 43.4 Å². The van der Waals surface area contributed by atoms with Crippen molar-refractivity contribution in [2.24, 2.45) is 0 Å². The summed E-state index contributed by atoms with van der Waals surface area (Å²) in [5, 5.41) is 15.9. The minimum absolute atomic E-state index is 0.00358. The van der Waals surface area contributed by atoms with Gasteiger partial charge in [0, 0.05) is 6.54 Å². The molecule has 0 bridgehead atoms. The monoisotopic (exact) mass is 286 g/mol. The molecule has 108 valence electrons. The summed E-state index contributed by atoms with van der Waals surface area (Å²) in [5.41, 5.74) is 0.952. The van der Waals surface area contributed by atoms with Crippen LogP contribution in [0.3, 0.4) is 0 Å². The van der Waals surface area contributed by atoms with Crippen LogP contribution in [0.1, 0.15) is 28.5 Å². The number of carboxylic acid groups (broad SMARTS) is 1. The Morgan fingerprint density at radius 3 is 2.62 bits per heavy atom. The van der Waals surface area contributed by atoms with E-state index in [1.165, 1.54) is 10.9 Å². The van der Waals surface area contributed by atoms with Crippen molar-refractivity contribution in [1.82, 2.24) is 19.9 Å². The molecule has 1 saturated heterocycles. The van der Waals surface area contributed by atoms with Crippen LogP contribution >= 0.6 is 0 Å². The van der Waals surface area contributed by atoms with Crippen molar-refractivity contribution >= 4 is 11.9 Å². The predicted octanol–water partition coefficient (Wildman–Crippen LogP) is 0.950. The quantitative estimate of drug-likeness (QED) is 0.904. The van der Waals surface area contributed by atoms with Crippen molar-refractivity contribution in [2.75, 3.05) is 6.54 Å². The van der Waals surface area contributed by atoms with E-state index in [1.807, 2.05) is 30.3 Å². The molecular weight excluding hydrogens is 272 g/mol. The second kappa shape index (κ2) is 5.35. The Labute approximate surface area is 120 Å². The zero-order valence-electron chi connectivity index (χ0n) is 11.2. The number of amides is 1. The lowest BCUT2D eigenvalue weighted by molar-refractivity contribution is -0.140. The molecule has 0 spiro atoms. The van der Waals surface area contributed by atoms with Gasteiger partial charge in [-0.15, -0.1) is 5.10 Å². The molecule has 0 radical (unpaired) electrons. The first-order valence-electron chi connectivity index (χ1n) is 6.63. The van der Waals surface area contributed by atoms with E-state index in [0.29, 0.717) is 6.54 Å². The molecular formula is C14H14N4O3. The molecule has 1 N–H and O–H groups in total. The first kappa shape index (κ1) is 13.3. The van der Waals surface area contributed by atoms with Gasteiger partial charge < -0.3 is 10.0 Å². The third kappa shape index (κ3) is 2.62. The molecule has 1 aliphatic rings. The van der Waals surface area contributed by atoms with Crippen LogP contribution < -0.4 is 0 Å². The number of aromatic carboxylic acids is 1. The normalized spacial score (nSPS) is 17.3. The number of carboxylic acids is 1. The number of aromatic nitrogens is 3. The van der Waals surface area contributed by atoms with Gasteiger partial charge in [0.1, 0.15) is 6.54 Å². The van der Waals surface area contributed by atoms with Crippen molar-refractivity contribution in [3.05, 3.63) is 47.8 Å². The van der Waals surface area contributed by atoms with Gasteiger partial charge in [-0.25, -0.2) is 9.48 Å². The van der Waals surface area contributed by atoms with Crippen LogP contribution in [0, 0.1) is 0 Å². The molecule has 1 aliphatic heterocycles. The van der Waals surface area contributed by atoms with Gasteiger partial charge in [0.05, 0.1) is 12.2 Å². The Bertz CT molecular complexity index is 668. The smallest absolute Gasteiger partial charge is 0.358 e. The SMILES string of the molecule is O=C(O)c1cn(CC(=O)N2CCC2c2ccccc2)nn1. The van der Waals surface area contributed by atoms with Crippen molar-refractivity contribution in [3.8, 4) is 0 Å². The number of likely N-dealkylation sites (tertiary alicyclic amines) is 1. The maximum absolute atomic E-state index is 12.2. The Morgan fingerprint density at radius 2 is 2.05 bits per heavy atom.